The minimum atomic E-state index is -3.19. The van der Waals surface area contributed by atoms with Crippen LogP contribution in [0.3, 0.4) is 0 Å². The molecule has 2 heterocycles. The number of rotatable bonds is 3. The molecule has 0 aromatic carbocycles. The highest BCUT2D eigenvalue weighted by Gasteiger charge is 2.34. The van der Waals surface area contributed by atoms with Crippen LogP contribution in [-0.4, -0.2) is 49.8 Å². The van der Waals surface area contributed by atoms with Gasteiger partial charge in [0.05, 0.1) is 11.9 Å². The van der Waals surface area contributed by atoms with E-state index in [2.05, 4.69) is 0 Å². The highest BCUT2D eigenvalue weighted by molar-refractivity contribution is 7.89. The Morgan fingerprint density at radius 3 is 2.76 bits per heavy atom. The summed E-state index contributed by atoms with van der Waals surface area (Å²) in [5, 5.41) is 0. The van der Waals surface area contributed by atoms with Crippen LogP contribution in [0.25, 0.3) is 0 Å². The van der Waals surface area contributed by atoms with Crippen LogP contribution in [0.15, 0.2) is 0 Å². The van der Waals surface area contributed by atoms with Crippen molar-refractivity contribution in [3.8, 4) is 0 Å². The van der Waals surface area contributed by atoms with Crippen molar-refractivity contribution in [1.82, 2.24) is 4.31 Å². The summed E-state index contributed by atoms with van der Waals surface area (Å²) in [6, 6.07) is 0.157. The fourth-order valence-electron chi connectivity index (χ4n) is 2.71. The molecular formula is C11H22N2O3S. The lowest BCUT2D eigenvalue weighted by Gasteiger charge is -2.35. The third-order valence-corrected chi connectivity index (χ3v) is 5.68. The molecule has 2 aliphatic rings. The maximum absolute atomic E-state index is 12.3. The molecule has 17 heavy (non-hydrogen) atoms. The second-order valence-electron chi connectivity index (χ2n) is 5.16. The predicted molar refractivity (Wildman–Crippen MR) is 66.1 cm³/mol. The Bertz CT molecular complexity index is 352. The molecule has 2 rings (SSSR count). The molecule has 0 aromatic rings. The third-order valence-electron chi connectivity index (χ3n) is 3.63. The second kappa shape index (κ2) is 5.22. The van der Waals surface area contributed by atoms with E-state index in [1.807, 2.05) is 6.92 Å². The maximum atomic E-state index is 12.3. The summed E-state index contributed by atoms with van der Waals surface area (Å²) in [5.74, 6) is 0.132. The third kappa shape index (κ3) is 3.19. The molecule has 0 aliphatic carbocycles. The van der Waals surface area contributed by atoms with Gasteiger partial charge in [0.1, 0.15) is 0 Å². The van der Waals surface area contributed by atoms with Gasteiger partial charge in [0.2, 0.25) is 10.0 Å². The summed E-state index contributed by atoms with van der Waals surface area (Å²) in [6.45, 7) is 3.18. The zero-order chi connectivity index (χ0) is 12.5. The van der Waals surface area contributed by atoms with Crippen molar-refractivity contribution in [3.63, 3.8) is 0 Å². The first kappa shape index (κ1) is 13.3. The molecule has 0 saturated carbocycles. The van der Waals surface area contributed by atoms with E-state index in [0.29, 0.717) is 13.2 Å². The van der Waals surface area contributed by atoms with Crippen LogP contribution in [0.1, 0.15) is 32.6 Å². The molecule has 0 aromatic heterocycles. The van der Waals surface area contributed by atoms with Crippen LogP contribution >= 0.6 is 0 Å². The lowest BCUT2D eigenvalue weighted by Crippen LogP contribution is -2.49. The largest absolute Gasteiger partial charge is 0.377 e. The van der Waals surface area contributed by atoms with Gasteiger partial charge < -0.3 is 10.5 Å². The smallest absolute Gasteiger partial charge is 0.216 e. The van der Waals surface area contributed by atoms with Gasteiger partial charge in [-0.05, 0) is 32.6 Å². The van der Waals surface area contributed by atoms with E-state index >= 15 is 0 Å². The normalized spacial score (nSPS) is 36.2. The molecule has 3 atom stereocenters. The number of nitrogens with two attached hydrogens (primary N) is 1. The van der Waals surface area contributed by atoms with Gasteiger partial charge in [-0.1, -0.05) is 0 Å². The van der Waals surface area contributed by atoms with E-state index in [1.54, 1.807) is 4.31 Å². The molecule has 5 nitrogen and oxygen atoms in total. The lowest BCUT2D eigenvalue weighted by atomic mass is 10.0. The Hall–Kier alpha value is -0.170. The van der Waals surface area contributed by atoms with Crippen LogP contribution in [0.2, 0.25) is 0 Å². The molecule has 100 valence electrons. The number of piperidine rings is 1. The minimum absolute atomic E-state index is 0.0187. The Morgan fingerprint density at radius 2 is 2.18 bits per heavy atom. The van der Waals surface area contributed by atoms with Crippen molar-refractivity contribution in [2.75, 3.05) is 18.9 Å². The van der Waals surface area contributed by atoms with E-state index in [4.69, 9.17) is 10.5 Å². The van der Waals surface area contributed by atoms with Crippen molar-refractivity contribution in [2.24, 2.45) is 5.73 Å². The summed E-state index contributed by atoms with van der Waals surface area (Å²) in [7, 11) is -3.19. The van der Waals surface area contributed by atoms with Gasteiger partial charge in [-0.2, -0.15) is 4.31 Å². The highest BCUT2D eigenvalue weighted by Crippen LogP contribution is 2.22. The van der Waals surface area contributed by atoms with Gasteiger partial charge in [-0.25, -0.2) is 8.42 Å². The van der Waals surface area contributed by atoms with Gasteiger partial charge in [-0.15, -0.1) is 0 Å². The van der Waals surface area contributed by atoms with Crippen molar-refractivity contribution >= 4 is 10.0 Å². The van der Waals surface area contributed by atoms with Gasteiger partial charge in [0.25, 0.3) is 0 Å². The number of nitrogens with zero attached hydrogens (tertiary/aromatic N) is 1. The molecule has 6 heteroatoms. The van der Waals surface area contributed by atoms with E-state index in [0.717, 1.165) is 25.7 Å². The molecule has 0 spiro atoms. The molecule has 2 aliphatic heterocycles. The van der Waals surface area contributed by atoms with E-state index < -0.39 is 10.0 Å². The quantitative estimate of drug-likeness (QED) is 0.794. The predicted octanol–water partition coefficient (Wildman–Crippen LogP) is 0.307. The molecule has 0 amide bonds. The average Bonchev–Trinajstić information content (AvgIpc) is 2.68. The molecule has 2 fully saturated rings. The summed E-state index contributed by atoms with van der Waals surface area (Å²) in [5.41, 5.74) is 5.85. The standard InChI is InChI=1S/C11H22N2O3S/c1-9-7-10(12)4-5-13(9)17(14,15)8-11-3-2-6-16-11/h9-11H,2-8,12H2,1H3. The number of ether oxygens (including phenoxy) is 1. The summed E-state index contributed by atoms with van der Waals surface area (Å²) in [4.78, 5) is 0. The van der Waals surface area contributed by atoms with E-state index in [-0.39, 0.29) is 23.9 Å². The van der Waals surface area contributed by atoms with Crippen molar-refractivity contribution < 1.29 is 13.2 Å². The van der Waals surface area contributed by atoms with Crippen molar-refractivity contribution in [3.05, 3.63) is 0 Å². The van der Waals surface area contributed by atoms with Crippen LogP contribution in [0, 0.1) is 0 Å². The van der Waals surface area contributed by atoms with Crippen LogP contribution in [0.5, 0.6) is 0 Å². The fourth-order valence-corrected chi connectivity index (χ4v) is 4.65. The second-order valence-corrected chi connectivity index (χ2v) is 7.12. The first-order valence-electron chi connectivity index (χ1n) is 6.36. The van der Waals surface area contributed by atoms with Crippen molar-refractivity contribution in [1.29, 1.82) is 0 Å². The zero-order valence-corrected chi connectivity index (χ0v) is 11.2. The van der Waals surface area contributed by atoms with Crippen LogP contribution < -0.4 is 5.73 Å². The molecule has 2 saturated heterocycles. The Kier molecular flexibility index (Phi) is 4.07. The summed E-state index contributed by atoms with van der Waals surface area (Å²) >= 11 is 0. The molecular weight excluding hydrogens is 240 g/mol. The number of sulfonamides is 1. The topological polar surface area (TPSA) is 72.6 Å². The maximum Gasteiger partial charge on any atom is 0.216 e. The monoisotopic (exact) mass is 262 g/mol. The summed E-state index contributed by atoms with van der Waals surface area (Å²) in [6.07, 6.45) is 3.24. The first-order valence-corrected chi connectivity index (χ1v) is 7.96. The first-order chi connectivity index (χ1) is 7.99. The minimum Gasteiger partial charge on any atom is -0.377 e. The van der Waals surface area contributed by atoms with Gasteiger partial charge in [-0.3, -0.25) is 0 Å². The Balaban J connectivity index is 1.99. The Morgan fingerprint density at radius 1 is 1.41 bits per heavy atom. The summed E-state index contributed by atoms with van der Waals surface area (Å²) < 4.78 is 31.5. The molecule has 0 radical (unpaired) electrons. The SMILES string of the molecule is CC1CC(N)CCN1S(=O)(=O)CC1CCCO1. The average molecular weight is 262 g/mol. The van der Waals surface area contributed by atoms with E-state index in [1.165, 1.54) is 0 Å². The van der Waals surface area contributed by atoms with Crippen LogP contribution in [-0.2, 0) is 14.8 Å². The zero-order valence-electron chi connectivity index (χ0n) is 10.3. The van der Waals surface area contributed by atoms with Gasteiger partial charge in [0.15, 0.2) is 0 Å². The molecule has 2 N–H and O–H groups in total. The van der Waals surface area contributed by atoms with E-state index in [9.17, 15) is 8.42 Å². The number of hydrogen-bond donors (Lipinski definition) is 1. The molecule has 3 unspecified atom stereocenters. The fraction of sp³-hybridized carbons (Fsp3) is 1.00. The lowest BCUT2D eigenvalue weighted by molar-refractivity contribution is 0.125. The number of hydrogen-bond acceptors (Lipinski definition) is 4. The molecule has 0 bridgehead atoms. The highest BCUT2D eigenvalue weighted by atomic mass is 32.2. The van der Waals surface area contributed by atoms with Gasteiger partial charge in [0, 0.05) is 25.2 Å². The van der Waals surface area contributed by atoms with Crippen LogP contribution in [0.4, 0.5) is 0 Å². The van der Waals surface area contributed by atoms with Crippen molar-refractivity contribution in [2.45, 2.75) is 50.8 Å². The van der Waals surface area contributed by atoms with Gasteiger partial charge >= 0.3 is 0 Å². The Labute approximate surface area is 103 Å².